The molecule has 1 heterocycles. The molecule has 0 radical (unpaired) electrons. The molecule has 1 aromatic carbocycles. The predicted molar refractivity (Wildman–Crippen MR) is 63.7 cm³/mol. The van der Waals surface area contributed by atoms with Crippen LogP contribution >= 0.6 is 11.6 Å². The third kappa shape index (κ3) is 2.40. The van der Waals surface area contributed by atoms with Crippen LogP contribution in [0.25, 0.3) is 5.69 Å². The smallest absolute Gasteiger partial charge is 0.138 e. The van der Waals surface area contributed by atoms with Gasteiger partial charge in [-0.2, -0.15) is 5.10 Å². The molecule has 0 fully saturated rings. The summed E-state index contributed by atoms with van der Waals surface area (Å²) in [4.78, 5) is 3.90. The van der Waals surface area contributed by atoms with Gasteiger partial charge in [-0.15, -0.1) is 0 Å². The summed E-state index contributed by atoms with van der Waals surface area (Å²) in [6.07, 6.45) is 3.15. The highest BCUT2D eigenvalue weighted by atomic mass is 35.5. The second-order valence-corrected chi connectivity index (χ2v) is 3.80. The number of nitrogens with one attached hydrogen (secondary N) is 1. The van der Waals surface area contributed by atoms with E-state index in [-0.39, 0.29) is 0 Å². The van der Waals surface area contributed by atoms with Crippen molar-refractivity contribution in [3.05, 3.63) is 41.4 Å². The third-order valence-corrected chi connectivity index (χ3v) is 2.64. The fraction of sp³-hybridized carbons (Fsp3) is 0.273. The Balaban J connectivity index is 2.23. The molecule has 0 aliphatic heterocycles. The summed E-state index contributed by atoms with van der Waals surface area (Å²) in [6.45, 7) is 3.78. The van der Waals surface area contributed by atoms with Crippen molar-refractivity contribution < 1.29 is 0 Å². The third-order valence-electron chi connectivity index (χ3n) is 2.29. The van der Waals surface area contributed by atoms with E-state index < -0.39 is 0 Å². The second kappa shape index (κ2) is 5.09. The van der Waals surface area contributed by atoms with Gasteiger partial charge < -0.3 is 5.32 Å². The second-order valence-electron chi connectivity index (χ2n) is 3.40. The SMILES string of the molecule is CCNCc1ccc(-n2cncn2)cc1Cl. The molecule has 0 saturated heterocycles. The highest BCUT2D eigenvalue weighted by molar-refractivity contribution is 6.31. The van der Waals surface area contributed by atoms with Crippen LogP contribution in [0.3, 0.4) is 0 Å². The number of rotatable bonds is 4. The molecule has 1 aromatic heterocycles. The average Bonchev–Trinajstić information content (AvgIpc) is 2.81. The van der Waals surface area contributed by atoms with Crippen molar-refractivity contribution in [3.63, 3.8) is 0 Å². The molecule has 2 aromatic rings. The molecular weight excluding hydrogens is 224 g/mol. The Morgan fingerprint density at radius 1 is 1.44 bits per heavy atom. The van der Waals surface area contributed by atoms with E-state index in [1.54, 1.807) is 11.0 Å². The summed E-state index contributed by atoms with van der Waals surface area (Å²) in [5.41, 5.74) is 2.01. The Hall–Kier alpha value is -1.39. The Bertz CT molecular complexity index is 453. The Kier molecular flexibility index (Phi) is 3.54. The maximum atomic E-state index is 6.18. The molecule has 0 aliphatic carbocycles. The van der Waals surface area contributed by atoms with Gasteiger partial charge in [-0.25, -0.2) is 9.67 Å². The molecule has 0 atom stereocenters. The van der Waals surface area contributed by atoms with E-state index >= 15 is 0 Å². The molecule has 1 N–H and O–H groups in total. The van der Waals surface area contributed by atoms with Crippen molar-refractivity contribution in [2.75, 3.05) is 6.54 Å². The van der Waals surface area contributed by atoms with E-state index in [9.17, 15) is 0 Å². The lowest BCUT2D eigenvalue weighted by Crippen LogP contribution is -2.12. The zero-order chi connectivity index (χ0) is 11.4. The van der Waals surface area contributed by atoms with Crippen molar-refractivity contribution in [1.29, 1.82) is 0 Å². The lowest BCUT2D eigenvalue weighted by molar-refractivity contribution is 0.726. The van der Waals surface area contributed by atoms with Gasteiger partial charge in [0, 0.05) is 11.6 Å². The number of aromatic nitrogens is 3. The minimum Gasteiger partial charge on any atom is -0.313 e. The van der Waals surface area contributed by atoms with Gasteiger partial charge in [0.25, 0.3) is 0 Å². The van der Waals surface area contributed by atoms with E-state index in [0.717, 1.165) is 29.4 Å². The van der Waals surface area contributed by atoms with E-state index in [1.165, 1.54) is 6.33 Å². The minimum absolute atomic E-state index is 0.744. The molecule has 2 rings (SSSR count). The monoisotopic (exact) mass is 236 g/mol. The van der Waals surface area contributed by atoms with Crippen LogP contribution in [0.2, 0.25) is 5.02 Å². The Morgan fingerprint density at radius 2 is 2.31 bits per heavy atom. The zero-order valence-corrected chi connectivity index (χ0v) is 9.78. The summed E-state index contributed by atoms with van der Waals surface area (Å²) in [7, 11) is 0. The van der Waals surface area contributed by atoms with Crippen LogP contribution in [0.4, 0.5) is 0 Å². The standard InChI is InChI=1S/C11H13ClN4/c1-2-13-6-9-3-4-10(5-11(9)12)16-8-14-7-15-16/h3-5,7-8,13H,2,6H2,1H3. The number of halogens is 1. The molecule has 0 aliphatic rings. The molecule has 84 valence electrons. The molecule has 0 amide bonds. The number of benzene rings is 1. The molecule has 16 heavy (non-hydrogen) atoms. The Labute approximate surface area is 99.3 Å². The van der Waals surface area contributed by atoms with Gasteiger partial charge in [0.15, 0.2) is 0 Å². The van der Waals surface area contributed by atoms with Crippen molar-refractivity contribution in [2.24, 2.45) is 0 Å². The van der Waals surface area contributed by atoms with E-state index in [2.05, 4.69) is 22.3 Å². The fourth-order valence-corrected chi connectivity index (χ4v) is 1.66. The molecule has 0 unspecified atom stereocenters. The number of hydrogen-bond donors (Lipinski definition) is 1. The average molecular weight is 237 g/mol. The summed E-state index contributed by atoms with van der Waals surface area (Å²) in [5.74, 6) is 0. The molecule has 5 heteroatoms. The van der Waals surface area contributed by atoms with Crippen LogP contribution in [0.1, 0.15) is 12.5 Å². The minimum atomic E-state index is 0.744. The van der Waals surface area contributed by atoms with Crippen molar-refractivity contribution >= 4 is 11.6 Å². The topological polar surface area (TPSA) is 42.7 Å². The normalized spacial score (nSPS) is 10.6. The molecule has 0 bridgehead atoms. The van der Waals surface area contributed by atoms with Gasteiger partial charge in [-0.05, 0) is 24.2 Å². The highest BCUT2D eigenvalue weighted by Gasteiger charge is 2.03. The van der Waals surface area contributed by atoms with Crippen LogP contribution < -0.4 is 5.32 Å². The molecule has 0 spiro atoms. The maximum Gasteiger partial charge on any atom is 0.138 e. The number of nitrogens with zero attached hydrogens (tertiary/aromatic N) is 3. The first-order valence-electron chi connectivity index (χ1n) is 5.15. The largest absolute Gasteiger partial charge is 0.313 e. The highest BCUT2D eigenvalue weighted by Crippen LogP contribution is 2.19. The van der Waals surface area contributed by atoms with Crippen LogP contribution in [0.15, 0.2) is 30.9 Å². The summed E-state index contributed by atoms with van der Waals surface area (Å²) < 4.78 is 1.68. The van der Waals surface area contributed by atoms with Crippen LogP contribution in [0, 0.1) is 0 Å². The van der Waals surface area contributed by atoms with Crippen LogP contribution in [-0.2, 0) is 6.54 Å². The van der Waals surface area contributed by atoms with E-state index in [0.29, 0.717) is 0 Å². The Morgan fingerprint density at radius 3 is 2.94 bits per heavy atom. The summed E-state index contributed by atoms with van der Waals surface area (Å²) >= 11 is 6.18. The first kappa shape index (κ1) is 11.1. The molecule has 4 nitrogen and oxygen atoms in total. The van der Waals surface area contributed by atoms with Gasteiger partial charge in [-0.3, -0.25) is 0 Å². The van der Waals surface area contributed by atoms with Crippen LogP contribution in [0.5, 0.6) is 0 Å². The first-order valence-corrected chi connectivity index (χ1v) is 5.53. The van der Waals surface area contributed by atoms with Crippen molar-refractivity contribution in [2.45, 2.75) is 13.5 Å². The summed E-state index contributed by atoms with van der Waals surface area (Å²) in [6, 6.07) is 5.87. The van der Waals surface area contributed by atoms with E-state index in [1.807, 2.05) is 18.2 Å². The van der Waals surface area contributed by atoms with Crippen LogP contribution in [-0.4, -0.2) is 21.3 Å². The maximum absolute atomic E-state index is 6.18. The van der Waals surface area contributed by atoms with E-state index in [4.69, 9.17) is 11.6 Å². The van der Waals surface area contributed by atoms with Gasteiger partial charge >= 0.3 is 0 Å². The lowest BCUT2D eigenvalue weighted by atomic mass is 10.2. The van der Waals surface area contributed by atoms with Crippen molar-refractivity contribution in [3.8, 4) is 5.69 Å². The van der Waals surface area contributed by atoms with Gasteiger partial charge in [-0.1, -0.05) is 24.6 Å². The van der Waals surface area contributed by atoms with Crippen molar-refractivity contribution in [1.82, 2.24) is 20.1 Å². The zero-order valence-electron chi connectivity index (χ0n) is 9.02. The predicted octanol–water partition coefficient (Wildman–Crippen LogP) is 2.03. The summed E-state index contributed by atoms with van der Waals surface area (Å²) in [5, 5.41) is 8.04. The quantitative estimate of drug-likeness (QED) is 0.884. The van der Waals surface area contributed by atoms with Gasteiger partial charge in [0.2, 0.25) is 0 Å². The lowest BCUT2D eigenvalue weighted by Gasteiger charge is -2.07. The first-order chi connectivity index (χ1) is 7.81. The fourth-order valence-electron chi connectivity index (χ4n) is 1.42. The molecule has 0 saturated carbocycles. The molecular formula is C11H13ClN4. The van der Waals surface area contributed by atoms with Gasteiger partial charge in [0.05, 0.1) is 5.69 Å². The number of hydrogen-bond acceptors (Lipinski definition) is 3. The van der Waals surface area contributed by atoms with Gasteiger partial charge in [0.1, 0.15) is 12.7 Å².